The van der Waals surface area contributed by atoms with Crippen molar-refractivity contribution < 1.29 is 13.9 Å². The lowest BCUT2D eigenvalue weighted by Crippen LogP contribution is -2.08. The first-order valence-corrected chi connectivity index (χ1v) is 9.34. The van der Waals surface area contributed by atoms with Crippen LogP contribution < -0.4 is 0 Å². The Balaban J connectivity index is 1.54. The maximum atomic E-state index is 13.5. The Morgan fingerprint density at radius 2 is 1.65 bits per heavy atom. The summed E-state index contributed by atoms with van der Waals surface area (Å²) in [6, 6.07) is 18.0. The number of hydrogen-bond donors (Lipinski definition) is 0. The van der Waals surface area contributed by atoms with Gasteiger partial charge in [0.15, 0.2) is 0 Å². The van der Waals surface area contributed by atoms with Gasteiger partial charge in [-0.1, -0.05) is 12.1 Å². The summed E-state index contributed by atoms with van der Waals surface area (Å²) < 4.78 is 20.9. The third-order valence-electron chi connectivity index (χ3n) is 4.04. The van der Waals surface area contributed by atoms with Crippen molar-refractivity contribution in [3.63, 3.8) is 0 Å². The zero-order valence-electron chi connectivity index (χ0n) is 14.7. The quantitative estimate of drug-likeness (QED) is 0.341. The highest BCUT2D eigenvalue weighted by atomic mass is 32.2. The molecule has 0 saturated carbocycles. The predicted octanol–water partition coefficient (Wildman–Crippen LogP) is 5.18. The normalized spacial score (nSPS) is 10.7. The fourth-order valence-electron chi connectivity index (χ4n) is 2.75. The molecule has 0 bridgehead atoms. The van der Waals surface area contributed by atoms with Crippen molar-refractivity contribution in [1.82, 2.24) is 4.57 Å². The van der Waals surface area contributed by atoms with Crippen molar-refractivity contribution in [2.24, 2.45) is 0 Å². The van der Waals surface area contributed by atoms with Crippen molar-refractivity contribution in [3.8, 4) is 5.69 Å². The van der Waals surface area contributed by atoms with Crippen LogP contribution in [0.15, 0.2) is 65.6 Å². The average Bonchev–Trinajstić information content (AvgIpc) is 2.98. The summed E-state index contributed by atoms with van der Waals surface area (Å²) in [5.74, 6) is -0.117. The summed E-state index contributed by atoms with van der Waals surface area (Å²) in [5.41, 5.74) is 3.80. The van der Waals surface area contributed by atoms with Gasteiger partial charge >= 0.3 is 5.97 Å². The highest BCUT2D eigenvalue weighted by Gasteiger charge is 2.09. The minimum Gasteiger partial charge on any atom is -0.461 e. The molecule has 2 aromatic carbocycles. The van der Waals surface area contributed by atoms with E-state index in [0.29, 0.717) is 16.2 Å². The molecule has 0 amide bonds. The molecule has 26 heavy (non-hydrogen) atoms. The van der Waals surface area contributed by atoms with Gasteiger partial charge in [-0.25, -0.2) is 9.18 Å². The first kappa shape index (κ1) is 18.3. The summed E-state index contributed by atoms with van der Waals surface area (Å²) >= 11 is 1.33. The van der Waals surface area contributed by atoms with Gasteiger partial charge in [0.25, 0.3) is 0 Å². The molecule has 3 nitrogen and oxygen atoms in total. The molecule has 0 aliphatic heterocycles. The van der Waals surface area contributed by atoms with Gasteiger partial charge in [-0.2, -0.15) is 0 Å². The van der Waals surface area contributed by atoms with Crippen LogP contribution >= 0.6 is 11.8 Å². The zero-order valence-corrected chi connectivity index (χ0v) is 15.6. The van der Waals surface area contributed by atoms with Crippen molar-refractivity contribution in [2.75, 3.05) is 12.4 Å². The second-order valence-electron chi connectivity index (χ2n) is 5.91. The molecule has 0 spiro atoms. The van der Waals surface area contributed by atoms with Gasteiger partial charge in [0, 0.05) is 27.7 Å². The number of thioether (sulfide) groups is 1. The summed E-state index contributed by atoms with van der Waals surface area (Å²) in [6.07, 6.45) is 0. The lowest BCUT2D eigenvalue weighted by molar-refractivity contribution is 0.0530. The Morgan fingerprint density at radius 3 is 2.31 bits per heavy atom. The van der Waals surface area contributed by atoms with Crippen LogP contribution in [0.3, 0.4) is 0 Å². The van der Waals surface area contributed by atoms with Gasteiger partial charge in [0.1, 0.15) is 12.4 Å². The molecule has 3 aromatic rings. The number of ether oxygens (including phenoxy) is 1. The van der Waals surface area contributed by atoms with Crippen molar-refractivity contribution >= 4 is 17.7 Å². The minimum atomic E-state index is -0.369. The molecule has 0 N–H and O–H groups in total. The van der Waals surface area contributed by atoms with Gasteiger partial charge in [-0.05, 0) is 62.4 Å². The number of benzene rings is 2. The van der Waals surface area contributed by atoms with Crippen LogP contribution in [0.4, 0.5) is 4.39 Å². The highest BCUT2D eigenvalue weighted by Crippen LogP contribution is 2.21. The smallest absolute Gasteiger partial charge is 0.338 e. The van der Waals surface area contributed by atoms with Gasteiger partial charge < -0.3 is 9.30 Å². The van der Waals surface area contributed by atoms with E-state index < -0.39 is 0 Å². The molecule has 3 rings (SSSR count). The standard InChI is InChI=1S/C21H20FNO2S/c1-15-7-8-16(2)23(15)18-11-9-17(10-12-18)21(24)25-13-14-26-20-6-4-3-5-19(20)22/h3-12H,13-14H2,1-2H3. The van der Waals surface area contributed by atoms with Crippen LogP contribution in [0.25, 0.3) is 5.69 Å². The van der Waals surface area contributed by atoms with Crippen LogP contribution in [0.2, 0.25) is 0 Å². The number of halogens is 1. The van der Waals surface area contributed by atoms with E-state index in [-0.39, 0.29) is 18.4 Å². The number of esters is 1. The predicted molar refractivity (Wildman–Crippen MR) is 103 cm³/mol. The van der Waals surface area contributed by atoms with Gasteiger partial charge in [0.05, 0.1) is 5.56 Å². The largest absolute Gasteiger partial charge is 0.461 e. The highest BCUT2D eigenvalue weighted by molar-refractivity contribution is 7.99. The van der Waals surface area contributed by atoms with E-state index in [1.807, 2.05) is 26.0 Å². The molecule has 0 unspecified atom stereocenters. The summed E-state index contributed by atoms with van der Waals surface area (Å²) in [6.45, 7) is 4.32. The Labute approximate surface area is 156 Å². The fraction of sp³-hybridized carbons (Fsp3) is 0.190. The molecule has 0 fully saturated rings. The van der Waals surface area contributed by atoms with Gasteiger partial charge in [-0.3, -0.25) is 0 Å². The molecule has 0 atom stereocenters. The number of nitrogens with zero attached hydrogens (tertiary/aromatic N) is 1. The lowest BCUT2D eigenvalue weighted by atomic mass is 10.2. The monoisotopic (exact) mass is 369 g/mol. The van der Waals surface area contributed by atoms with Crippen molar-refractivity contribution in [1.29, 1.82) is 0 Å². The third-order valence-corrected chi connectivity index (χ3v) is 5.06. The number of aryl methyl sites for hydroxylation is 2. The van der Waals surface area contributed by atoms with E-state index in [0.717, 1.165) is 17.1 Å². The molecular formula is C21H20FNO2S. The van der Waals surface area contributed by atoms with Crippen molar-refractivity contribution in [3.05, 3.63) is 83.4 Å². The first-order chi connectivity index (χ1) is 12.6. The Morgan fingerprint density at radius 1 is 1.00 bits per heavy atom. The Kier molecular flexibility index (Phi) is 5.78. The number of carbonyl (C=O) groups excluding carboxylic acids is 1. The molecular weight excluding hydrogens is 349 g/mol. The van der Waals surface area contributed by atoms with Crippen LogP contribution in [0.5, 0.6) is 0 Å². The SMILES string of the molecule is Cc1ccc(C)n1-c1ccc(C(=O)OCCSc2ccccc2F)cc1. The summed E-state index contributed by atoms with van der Waals surface area (Å²) in [7, 11) is 0. The molecule has 5 heteroatoms. The minimum absolute atomic E-state index is 0.232. The molecule has 1 heterocycles. The molecule has 134 valence electrons. The van der Waals surface area contributed by atoms with E-state index in [1.165, 1.54) is 17.8 Å². The lowest BCUT2D eigenvalue weighted by Gasteiger charge is -2.10. The molecule has 0 aliphatic rings. The van der Waals surface area contributed by atoms with Crippen LogP contribution in [-0.4, -0.2) is 22.9 Å². The average molecular weight is 369 g/mol. The second kappa shape index (κ2) is 8.23. The van der Waals surface area contributed by atoms with Gasteiger partial charge in [-0.15, -0.1) is 11.8 Å². The maximum absolute atomic E-state index is 13.5. The zero-order chi connectivity index (χ0) is 18.5. The van der Waals surface area contributed by atoms with Crippen molar-refractivity contribution in [2.45, 2.75) is 18.7 Å². The molecule has 0 aliphatic carbocycles. The Hall–Kier alpha value is -2.53. The van der Waals surface area contributed by atoms with Gasteiger partial charge in [0.2, 0.25) is 0 Å². The Bertz CT molecular complexity index is 883. The fourth-order valence-corrected chi connectivity index (χ4v) is 3.52. The van der Waals surface area contributed by atoms with E-state index in [1.54, 1.807) is 30.3 Å². The summed E-state index contributed by atoms with van der Waals surface area (Å²) in [5, 5.41) is 0. The van der Waals surface area contributed by atoms with Crippen LogP contribution in [0, 0.1) is 19.7 Å². The molecule has 0 radical (unpaired) electrons. The first-order valence-electron chi connectivity index (χ1n) is 8.36. The number of rotatable bonds is 6. The maximum Gasteiger partial charge on any atom is 0.338 e. The topological polar surface area (TPSA) is 31.2 Å². The van der Waals surface area contributed by atoms with E-state index in [4.69, 9.17) is 4.74 Å². The number of hydrogen-bond acceptors (Lipinski definition) is 3. The van der Waals surface area contributed by atoms with E-state index in [9.17, 15) is 9.18 Å². The molecule has 0 saturated heterocycles. The molecule has 1 aromatic heterocycles. The second-order valence-corrected chi connectivity index (χ2v) is 7.05. The summed E-state index contributed by atoms with van der Waals surface area (Å²) in [4.78, 5) is 12.7. The number of carbonyl (C=O) groups is 1. The third kappa shape index (κ3) is 4.17. The van der Waals surface area contributed by atoms with Crippen LogP contribution in [0.1, 0.15) is 21.7 Å². The van der Waals surface area contributed by atoms with E-state index >= 15 is 0 Å². The van der Waals surface area contributed by atoms with E-state index in [2.05, 4.69) is 16.7 Å². The number of aromatic nitrogens is 1. The van der Waals surface area contributed by atoms with Crippen LogP contribution in [-0.2, 0) is 4.74 Å².